The minimum absolute atomic E-state index is 0.169. The second kappa shape index (κ2) is 6.14. The smallest absolute Gasteiger partial charge is 0.435 e. The molecule has 0 spiro atoms. The number of alkyl halides is 3. The lowest BCUT2D eigenvalue weighted by atomic mass is 10.2. The van der Waals surface area contributed by atoms with Crippen LogP contribution in [0.1, 0.15) is 32.2 Å². The van der Waals surface area contributed by atoms with Crippen molar-refractivity contribution < 1.29 is 22.7 Å². The molecule has 130 valence electrons. The molecule has 0 radical (unpaired) electrons. The Kier molecular flexibility index (Phi) is 4.54. The summed E-state index contributed by atoms with van der Waals surface area (Å²) in [6.45, 7) is 6.40. The Morgan fingerprint density at radius 1 is 1.29 bits per heavy atom. The second-order valence-corrected chi connectivity index (χ2v) is 6.05. The molecule has 2 aromatic rings. The van der Waals surface area contributed by atoms with E-state index in [9.17, 15) is 18.0 Å². The van der Waals surface area contributed by atoms with Crippen LogP contribution in [-0.2, 0) is 10.9 Å². The van der Waals surface area contributed by atoms with Gasteiger partial charge >= 0.3 is 12.3 Å². The molecule has 9 heteroatoms. The number of anilines is 1. The molecule has 0 aliphatic heterocycles. The van der Waals surface area contributed by atoms with Crippen LogP contribution in [0.5, 0.6) is 0 Å². The first-order valence-corrected chi connectivity index (χ1v) is 7.06. The van der Waals surface area contributed by atoms with Gasteiger partial charge < -0.3 is 4.74 Å². The van der Waals surface area contributed by atoms with Gasteiger partial charge in [0.25, 0.3) is 0 Å². The van der Waals surface area contributed by atoms with Crippen molar-refractivity contribution in [3.8, 4) is 5.69 Å². The fraction of sp³-hybridized carbons (Fsp3) is 0.400. The zero-order chi connectivity index (χ0) is 18.1. The quantitative estimate of drug-likeness (QED) is 0.897. The molecule has 0 fully saturated rings. The Balaban J connectivity index is 2.45. The number of hydrogen-bond donors (Lipinski definition) is 1. The number of hydrogen-bond acceptors (Lipinski definition) is 4. The molecule has 2 rings (SSSR count). The normalized spacial score (nSPS) is 12.1. The molecule has 6 nitrogen and oxygen atoms in total. The molecule has 0 aliphatic rings. The third kappa shape index (κ3) is 4.03. The summed E-state index contributed by atoms with van der Waals surface area (Å²) < 4.78 is 46.1. The molecule has 0 unspecified atom stereocenters. The number of pyridine rings is 1. The van der Waals surface area contributed by atoms with E-state index in [2.05, 4.69) is 15.4 Å². The van der Waals surface area contributed by atoms with Crippen LogP contribution in [0, 0.1) is 6.92 Å². The van der Waals surface area contributed by atoms with Crippen LogP contribution in [0.4, 0.5) is 23.7 Å². The van der Waals surface area contributed by atoms with E-state index in [1.165, 1.54) is 18.3 Å². The van der Waals surface area contributed by atoms with Crippen LogP contribution >= 0.6 is 0 Å². The summed E-state index contributed by atoms with van der Waals surface area (Å²) >= 11 is 0. The number of ether oxygens (including phenoxy) is 1. The molecule has 0 saturated heterocycles. The standard InChI is InChI=1S/C15H17F3N4O2/c1-9-11(6-5-7-19-9)22-12(15(16,17)18)10(8-20-22)21-13(23)24-14(2,3)4/h5-8H,1-4H3,(H,21,23). The number of nitrogens with one attached hydrogen (secondary N) is 1. The van der Waals surface area contributed by atoms with E-state index in [0.717, 1.165) is 6.20 Å². The number of carbonyl (C=O) groups excluding carboxylic acids is 1. The summed E-state index contributed by atoms with van der Waals surface area (Å²) in [5.41, 5.74) is -1.89. The highest BCUT2D eigenvalue weighted by Gasteiger charge is 2.40. The third-order valence-corrected chi connectivity index (χ3v) is 2.88. The van der Waals surface area contributed by atoms with Crippen molar-refractivity contribution in [3.05, 3.63) is 35.9 Å². The van der Waals surface area contributed by atoms with Gasteiger partial charge in [-0.15, -0.1) is 0 Å². The van der Waals surface area contributed by atoms with E-state index in [4.69, 9.17) is 4.74 Å². The van der Waals surface area contributed by atoms with Gasteiger partial charge in [0.2, 0.25) is 0 Å². The molecule has 0 saturated carbocycles. The largest absolute Gasteiger partial charge is 0.444 e. The molecular formula is C15H17F3N4O2. The van der Waals surface area contributed by atoms with Crippen LogP contribution in [0.25, 0.3) is 5.69 Å². The number of carbonyl (C=O) groups is 1. The van der Waals surface area contributed by atoms with E-state index in [0.29, 0.717) is 10.4 Å². The first-order valence-electron chi connectivity index (χ1n) is 7.06. The SMILES string of the molecule is Cc1ncccc1-n1ncc(NC(=O)OC(C)(C)C)c1C(F)(F)F. The Morgan fingerprint density at radius 2 is 1.96 bits per heavy atom. The van der Waals surface area contributed by atoms with Crippen molar-refractivity contribution in [2.45, 2.75) is 39.5 Å². The molecule has 2 aromatic heterocycles. The Morgan fingerprint density at radius 3 is 2.50 bits per heavy atom. The van der Waals surface area contributed by atoms with Gasteiger partial charge in [-0.25, -0.2) is 9.48 Å². The summed E-state index contributed by atoms with van der Waals surface area (Å²) in [5.74, 6) is 0. The first kappa shape index (κ1) is 17.8. The van der Waals surface area contributed by atoms with Gasteiger partial charge in [-0.1, -0.05) is 0 Å². The summed E-state index contributed by atoms with van der Waals surface area (Å²) in [4.78, 5) is 15.7. The summed E-state index contributed by atoms with van der Waals surface area (Å²) in [7, 11) is 0. The molecule has 2 heterocycles. The zero-order valence-electron chi connectivity index (χ0n) is 13.6. The maximum atomic E-state index is 13.5. The number of halogens is 3. The van der Waals surface area contributed by atoms with Crippen LogP contribution < -0.4 is 5.32 Å². The Hall–Kier alpha value is -2.58. The highest BCUT2D eigenvalue weighted by molar-refractivity contribution is 5.85. The van der Waals surface area contributed by atoms with E-state index in [1.807, 2.05) is 0 Å². The zero-order valence-corrected chi connectivity index (χ0v) is 13.6. The van der Waals surface area contributed by atoms with E-state index < -0.39 is 29.3 Å². The molecule has 0 atom stereocenters. The lowest BCUT2D eigenvalue weighted by Gasteiger charge is -2.20. The van der Waals surface area contributed by atoms with Gasteiger partial charge in [-0.05, 0) is 39.8 Å². The lowest BCUT2D eigenvalue weighted by Crippen LogP contribution is -2.28. The number of rotatable bonds is 2. The maximum absolute atomic E-state index is 13.5. The van der Waals surface area contributed by atoms with E-state index in [1.54, 1.807) is 27.7 Å². The van der Waals surface area contributed by atoms with Crippen LogP contribution in [0.2, 0.25) is 0 Å². The number of nitrogens with zero attached hydrogens (tertiary/aromatic N) is 3. The molecular weight excluding hydrogens is 325 g/mol. The highest BCUT2D eigenvalue weighted by Crippen LogP contribution is 2.36. The minimum atomic E-state index is -4.73. The van der Waals surface area contributed by atoms with Crippen molar-refractivity contribution in [3.63, 3.8) is 0 Å². The minimum Gasteiger partial charge on any atom is -0.444 e. The fourth-order valence-corrected chi connectivity index (χ4v) is 2.01. The topological polar surface area (TPSA) is 69.0 Å². The van der Waals surface area contributed by atoms with Crippen molar-refractivity contribution in [2.75, 3.05) is 5.32 Å². The van der Waals surface area contributed by atoms with Gasteiger partial charge in [0, 0.05) is 6.20 Å². The molecule has 0 aromatic carbocycles. The van der Waals surface area contributed by atoms with Crippen molar-refractivity contribution in [2.24, 2.45) is 0 Å². The molecule has 1 N–H and O–H groups in total. The first-order chi connectivity index (χ1) is 11.0. The van der Waals surface area contributed by atoms with Crippen LogP contribution in [-0.4, -0.2) is 26.5 Å². The summed E-state index contributed by atoms with van der Waals surface area (Å²) in [5, 5.41) is 5.85. The van der Waals surface area contributed by atoms with Gasteiger partial charge in [0.1, 0.15) is 5.60 Å². The highest BCUT2D eigenvalue weighted by atomic mass is 19.4. The predicted molar refractivity (Wildman–Crippen MR) is 81.0 cm³/mol. The lowest BCUT2D eigenvalue weighted by molar-refractivity contribution is -0.142. The van der Waals surface area contributed by atoms with Crippen molar-refractivity contribution in [1.29, 1.82) is 0 Å². The molecule has 24 heavy (non-hydrogen) atoms. The van der Waals surface area contributed by atoms with Gasteiger partial charge in [-0.3, -0.25) is 10.3 Å². The van der Waals surface area contributed by atoms with Crippen LogP contribution in [0.3, 0.4) is 0 Å². The van der Waals surface area contributed by atoms with Crippen molar-refractivity contribution in [1.82, 2.24) is 14.8 Å². The average Bonchev–Trinajstić information content (AvgIpc) is 2.80. The number of aryl methyl sites for hydroxylation is 1. The Labute approximate surface area is 136 Å². The molecule has 0 aliphatic carbocycles. The number of amides is 1. The summed E-state index contributed by atoms with van der Waals surface area (Å²) in [6.07, 6.45) is -3.33. The van der Waals surface area contributed by atoms with Gasteiger partial charge in [0.05, 0.1) is 23.3 Å². The average molecular weight is 342 g/mol. The van der Waals surface area contributed by atoms with Gasteiger partial charge in [0.15, 0.2) is 5.69 Å². The van der Waals surface area contributed by atoms with E-state index in [-0.39, 0.29) is 5.69 Å². The summed E-state index contributed by atoms with van der Waals surface area (Å²) in [6, 6.07) is 2.97. The predicted octanol–water partition coefficient (Wildman–Crippen LogP) is 3.94. The fourth-order valence-electron chi connectivity index (χ4n) is 2.01. The van der Waals surface area contributed by atoms with Crippen molar-refractivity contribution >= 4 is 11.8 Å². The Bertz CT molecular complexity index is 748. The van der Waals surface area contributed by atoms with E-state index >= 15 is 0 Å². The third-order valence-electron chi connectivity index (χ3n) is 2.88. The second-order valence-electron chi connectivity index (χ2n) is 6.05. The number of aromatic nitrogens is 3. The van der Waals surface area contributed by atoms with Gasteiger partial charge in [-0.2, -0.15) is 18.3 Å². The molecule has 0 bridgehead atoms. The maximum Gasteiger partial charge on any atom is 0.435 e. The molecule has 1 amide bonds. The van der Waals surface area contributed by atoms with Crippen LogP contribution in [0.15, 0.2) is 24.5 Å². The monoisotopic (exact) mass is 342 g/mol.